The zero-order valence-electron chi connectivity index (χ0n) is 10.2. The number of rotatable bonds is 2. The second-order valence-electron chi connectivity index (χ2n) is 4.34. The topological polar surface area (TPSA) is 29.5 Å². The Morgan fingerprint density at radius 2 is 1.78 bits per heavy atom. The standard InChI is InChI=1S/C13H15F2NO2/c1-10-2-4-11(5-3-10)13(14,15)12(17)16-6-8-18-9-7-16/h2-5H,6-9H2,1H3. The number of nitrogens with zero attached hydrogens (tertiary/aromatic N) is 1. The fourth-order valence-corrected chi connectivity index (χ4v) is 1.85. The van der Waals surface area contributed by atoms with E-state index in [1.54, 1.807) is 12.1 Å². The van der Waals surface area contributed by atoms with Crippen LogP contribution < -0.4 is 0 Å². The van der Waals surface area contributed by atoms with Crippen LogP contribution in [0.15, 0.2) is 24.3 Å². The van der Waals surface area contributed by atoms with Gasteiger partial charge in [-0.2, -0.15) is 8.78 Å². The lowest BCUT2D eigenvalue weighted by atomic mass is 10.1. The summed E-state index contributed by atoms with van der Waals surface area (Å²) in [5, 5.41) is 0. The van der Waals surface area contributed by atoms with Crippen molar-refractivity contribution in [2.75, 3.05) is 26.3 Å². The summed E-state index contributed by atoms with van der Waals surface area (Å²) >= 11 is 0. The van der Waals surface area contributed by atoms with Gasteiger partial charge in [0.2, 0.25) is 0 Å². The first-order valence-electron chi connectivity index (χ1n) is 5.84. The van der Waals surface area contributed by atoms with E-state index in [4.69, 9.17) is 4.74 Å². The maximum absolute atomic E-state index is 14.0. The fraction of sp³-hybridized carbons (Fsp3) is 0.462. The van der Waals surface area contributed by atoms with Crippen molar-refractivity contribution in [3.8, 4) is 0 Å². The Hall–Kier alpha value is -1.49. The molecule has 0 spiro atoms. The van der Waals surface area contributed by atoms with E-state index in [9.17, 15) is 13.6 Å². The van der Waals surface area contributed by atoms with Crippen molar-refractivity contribution in [3.05, 3.63) is 35.4 Å². The number of benzene rings is 1. The van der Waals surface area contributed by atoms with Gasteiger partial charge in [0.1, 0.15) is 0 Å². The average Bonchev–Trinajstić information content (AvgIpc) is 2.39. The summed E-state index contributed by atoms with van der Waals surface area (Å²) in [6, 6.07) is 5.76. The molecule has 0 saturated carbocycles. The molecule has 1 aliphatic rings. The number of carbonyl (C=O) groups excluding carboxylic acids is 1. The molecule has 0 unspecified atom stereocenters. The van der Waals surface area contributed by atoms with Gasteiger partial charge in [-0.15, -0.1) is 0 Å². The van der Waals surface area contributed by atoms with Crippen molar-refractivity contribution in [2.24, 2.45) is 0 Å². The van der Waals surface area contributed by atoms with E-state index in [1.165, 1.54) is 12.1 Å². The molecule has 18 heavy (non-hydrogen) atoms. The van der Waals surface area contributed by atoms with E-state index >= 15 is 0 Å². The van der Waals surface area contributed by atoms with Crippen molar-refractivity contribution in [2.45, 2.75) is 12.8 Å². The van der Waals surface area contributed by atoms with Crippen LogP contribution in [0.2, 0.25) is 0 Å². The molecule has 5 heteroatoms. The van der Waals surface area contributed by atoms with E-state index in [1.807, 2.05) is 6.92 Å². The zero-order chi connectivity index (χ0) is 13.2. The molecule has 2 rings (SSSR count). The van der Waals surface area contributed by atoms with Gasteiger partial charge >= 0.3 is 5.92 Å². The first-order valence-corrected chi connectivity index (χ1v) is 5.84. The third-order valence-electron chi connectivity index (χ3n) is 2.98. The van der Waals surface area contributed by atoms with Gasteiger partial charge in [-0.3, -0.25) is 4.79 Å². The number of carbonyl (C=O) groups is 1. The van der Waals surface area contributed by atoms with Crippen LogP contribution in [0.3, 0.4) is 0 Å². The molecular weight excluding hydrogens is 240 g/mol. The van der Waals surface area contributed by atoms with E-state index in [2.05, 4.69) is 0 Å². The molecule has 0 aliphatic carbocycles. The van der Waals surface area contributed by atoms with E-state index in [-0.39, 0.29) is 18.7 Å². The second-order valence-corrected chi connectivity index (χ2v) is 4.34. The Morgan fingerprint density at radius 1 is 1.22 bits per heavy atom. The molecule has 0 atom stereocenters. The van der Waals surface area contributed by atoms with Gasteiger partial charge in [0.25, 0.3) is 5.91 Å². The van der Waals surface area contributed by atoms with Crippen LogP contribution >= 0.6 is 0 Å². The summed E-state index contributed by atoms with van der Waals surface area (Å²) in [6.07, 6.45) is 0. The van der Waals surface area contributed by atoms with Crippen LogP contribution in [0.1, 0.15) is 11.1 Å². The second kappa shape index (κ2) is 5.02. The number of hydrogen-bond acceptors (Lipinski definition) is 2. The molecule has 3 nitrogen and oxygen atoms in total. The van der Waals surface area contributed by atoms with Crippen molar-refractivity contribution >= 4 is 5.91 Å². The first-order chi connectivity index (χ1) is 8.51. The van der Waals surface area contributed by atoms with Gasteiger partial charge in [0.15, 0.2) is 0 Å². The average molecular weight is 255 g/mol. The summed E-state index contributed by atoms with van der Waals surface area (Å²) in [7, 11) is 0. The minimum Gasteiger partial charge on any atom is -0.378 e. The molecule has 1 aromatic rings. The number of hydrogen-bond donors (Lipinski definition) is 0. The summed E-state index contributed by atoms with van der Waals surface area (Å²) in [6.45, 7) is 2.89. The van der Waals surface area contributed by atoms with E-state index in [0.29, 0.717) is 13.2 Å². The smallest absolute Gasteiger partial charge is 0.349 e. The van der Waals surface area contributed by atoms with Gasteiger partial charge in [0.05, 0.1) is 13.2 Å². The minimum absolute atomic E-state index is 0.223. The summed E-state index contributed by atoms with van der Waals surface area (Å²) in [5.74, 6) is -4.61. The quantitative estimate of drug-likeness (QED) is 0.808. The van der Waals surface area contributed by atoms with Crippen molar-refractivity contribution < 1.29 is 18.3 Å². The van der Waals surface area contributed by atoms with Crippen molar-refractivity contribution in [1.29, 1.82) is 0 Å². The van der Waals surface area contributed by atoms with Crippen LogP contribution in [-0.2, 0) is 15.5 Å². The molecule has 1 aliphatic heterocycles. The Morgan fingerprint density at radius 3 is 2.33 bits per heavy atom. The van der Waals surface area contributed by atoms with Gasteiger partial charge in [-0.05, 0) is 6.92 Å². The number of morpholine rings is 1. The number of alkyl halides is 2. The van der Waals surface area contributed by atoms with E-state index in [0.717, 1.165) is 10.5 Å². The van der Waals surface area contributed by atoms with Gasteiger partial charge < -0.3 is 9.64 Å². The number of amides is 1. The highest BCUT2D eigenvalue weighted by Crippen LogP contribution is 2.30. The fourth-order valence-electron chi connectivity index (χ4n) is 1.85. The maximum Gasteiger partial charge on any atom is 0.349 e. The molecule has 1 saturated heterocycles. The Kier molecular flexibility index (Phi) is 3.61. The number of halogens is 2. The highest BCUT2D eigenvalue weighted by molar-refractivity contribution is 5.85. The third-order valence-corrected chi connectivity index (χ3v) is 2.98. The normalized spacial score (nSPS) is 16.7. The van der Waals surface area contributed by atoms with Crippen LogP contribution in [0, 0.1) is 6.92 Å². The summed E-state index contributed by atoms with van der Waals surface area (Å²) in [5.41, 5.74) is 0.623. The third kappa shape index (κ3) is 2.51. The predicted octanol–water partition coefficient (Wildman–Crippen LogP) is 1.95. The van der Waals surface area contributed by atoms with E-state index < -0.39 is 11.8 Å². The molecule has 1 amide bonds. The monoisotopic (exact) mass is 255 g/mol. The zero-order valence-corrected chi connectivity index (χ0v) is 10.2. The highest BCUT2D eigenvalue weighted by atomic mass is 19.3. The molecule has 98 valence electrons. The van der Waals surface area contributed by atoms with Crippen LogP contribution in [0.5, 0.6) is 0 Å². The van der Waals surface area contributed by atoms with Crippen LogP contribution in [0.25, 0.3) is 0 Å². The Balaban J connectivity index is 2.18. The highest BCUT2D eigenvalue weighted by Gasteiger charge is 2.44. The van der Waals surface area contributed by atoms with Gasteiger partial charge in [0, 0.05) is 18.7 Å². The lowest BCUT2D eigenvalue weighted by Gasteiger charge is -2.30. The molecule has 0 radical (unpaired) electrons. The van der Waals surface area contributed by atoms with Crippen LogP contribution in [0.4, 0.5) is 8.78 Å². The lowest BCUT2D eigenvalue weighted by molar-refractivity contribution is -0.163. The molecule has 0 bridgehead atoms. The Labute approximate surface area is 104 Å². The molecule has 1 heterocycles. The van der Waals surface area contributed by atoms with Gasteiger partial charge in [-0.1, -0.05) is 29.8 Å². The number of ether oxygens (including phenoxy) is 1. The largest absolute Gasteiger partial charge is 0.378 e. The summed E-state index contributed by atoms with van der Waals surface area (Å²) in [4.78, 5) is 13.0. The molecular formula is C13H15F2NO2. The SMILES string of the molecule is Cc1ccc(C(F)(F)C(=O)N2CCOCC2)cc1. The minimum atomic E-state index is -3.47. The number of aryl methyl sites for hydroxylation is 1. The van der Waals surface area contributed by atoms with Crippen molar-refractivity contribution in [3.63, 3.8) is 0 Å². The van der Waals surface area contributed by atoms with Crippen LogP contribution in [-0.4, -0.2) is 37.1 Å². The predicted molar refractivity (Wildman–Crippen MR) is 62.5 cm³/mol. The molecule has 0 N–H and O–H groups in total. The first kappa shape index (κ1) is 13.0. The molecule has 1 fully saturated rings. The van der Waals surface area contributed by atoms with Crippen molar-refractivity contribution in [1.82, 2.24) is 4.90 Å². The molecule has 0 aromatic heterocycles. The summed E-state index contributed by atoms with van der Waals surface area (Å²) < 4.78 is 33.1. The van der Waals surface area contributed by atoms with Gasteiger partial charge in [-0.25, -0.2) is 0 Å². The Bertz CT molecular complexity index is 425. The maximum atomic E-state index is 14.0. The lowest BCUT2D eigenvalue weighted by Crippen LogP contribution is -2.47. The molecule has 1 aromatic carbocycles.